The third kappa shape index (κ3) is 3.73. The van der Waals surface area contributed by atoms with Crippen LogP contribution in [0.15, 0.2) is 24.4 Å². The number of nitrogens with two attached hydrogens (primary N) is 1. The van der Waals surface area contributed by atoms with Crippen LogP contribution in [0.5, 0.6) is 0 Å². The van der Waals surface area contributed by atoms with Gasteiger partial charge in [-0.3, -0.25) is 4.90 Å². The summed E-state index contributed by atoms with van der Waals surface area (Å²) in [6.07, 6.45) is 3.01. The van der Waals surface area contributed by atoms with Gasteiger partial charge in [-0.2, -0.15) is 0 Å². The highest BCUT2D eigenvalue weighted by atomic mass is 15.3. The Morgan fingerprint density at radius 2 is 2.00 bits per heavy atom. The molecule has 0 spiro atoms. The SMILES string of the molecule is CN1CCC(N)C(CN2CCN(c3ccccn3)CC2)C1. The summed E-state index contributed by atoms with van der Waals surface area (Å²) in [7, 11) is 2.21. The maximum absolute atomic E-state index is 6.30. The van der Waals surface area contributed by atoms with E-state index in [1.165, 1.54) is 0 Å². The molecule has 3 heterocycles. The summed E-state index contributed by atoms with van der Waals surface area (Å²) in [5, 5.41) is 0. The van der Waals surface area contributed by atoms with Crippen molar-refractivity contribution in [3.8, 4) is 0 Å². The number of pyridine rings is 1. The first-order valence-electron chi connectivity index (χ1n) is 8.05. The van der Waals surface area contributed by atoms with Crippen LogP contribution in [0.1, 0.15) is 6.42 Å². The molecule has 0 bridgehead atoms. The van der Waals surface area contributed by atoms with Gasteiger partial charge in [-0.15, -0.1) is 0 Å². The fourth-order valence-electron chi connectivity index (χ4n) is 3.46. The molecule has 5 nitrogen and oxygen atoms in total. The van der Waals surface area contributed by atoms with Gasteiger partial charge in [0.25, 0.3) is 0 Å². The molecule has 1 aromatic heterocycles. The third-order valence-electron chi connectivity index (χ3n) is 4.83. The zero-order valence-corrected chi connectivity index (χ0v) is 13.0. The molecule has 2 atom stereocenters. The zero-order valence-electron chi connectivity index (χ0n) is 13.0. The summed E-state index contributed by atoms with van der Waals surface area (Å²) in [6.45, 7) is 7.78. The number of piperidine rings is 1. The summed E-state index contributed by atoms with van der Waals surface area (Å²) < 4.78 is 0. The standard InChI is InChI=1S/C16H27N5/c1-19-7-5-15(17)14(12-19)13-20-8-10-21(11-9-20)16-4-2-3-6-18-16/h2-4,6,14-15H,5,7-13,17H2,1H3. The fraction of sp³-hybridized carbons (Fsp3) is 0.688. The van der Waals surface area contributed by atoms with Gasteiger partial charge in [-0.05, 0) is 38.1 Å². The highest BCUT2D eigenvalue weighted by Gasteiger charge is 2.28. The molecule has 2 unspecified atom stereocenters. The van der Waals surface area contributed by atoms with Gasteiger partial charge < -0.3 is 15.5 Å². The zero-order chi connectivity index (χ0) is 14.7. The van der Waals surface area contributed by atoms with Crippen molar-refractivity contribution in [3.05, 3.63) is 24.4 Å². The van der Waals surface area contributed by atoms with Crippen LogP contribution in [-0.2, 0) is 0 Å². The molecule has 2 fully saturated rings. The van der Waals surface area contributed by atoms with Gasteiger partial charge in [0.05, 0.1) is 0 Å². The molecule has 5 heteroatoms. The van der Waals surface area contributed by atoms with Crippen LogP contribution >= 0.6 is 0 Å². The second-order valence-corrected chi connectivity index (χ2v) is 6.45. The Labute approximate surface area is 127 Å². The van der Waals surface area contributed by atoms with E-state index in [1.54, 1.807) is 0 Å². The second kappa shape index (κ2) is 6.73. The van der Waals surface area contributed by atoms with Crippen LogP contribution in [0.4, 0.5) is 5.82 Å². The van der Waals surface area contributed by atoms with Gasteiger partial charge in [0.1, 0.15) is 5.82 Å². The molecule has 0 radical (unpaired) electrons. The van der Waals surface area contributed by atoms with E-state index in [-0.39, 0.29) is 0 Å². The van der Waals surface area contributed by atoms with Crippen LogP contribution in [0.3, 0.4) is 0 Å². The molecule has 2 saturated heterocycles. The highest BCUT2D eigenvalue weighted by molar-refractivity contribution is 5.38. The van der Waals surface area contributed by atoms with Gasteiger partial charge in [0, 0.05) is 51.5 Å². The number of likely N-dealkylation sites (tertiary alicyclic amines) is 1. The van der Waals surface area contributed by atoms with Crippen LogP contribution in [0.25, 0.3) is 0 Å². The number of hydrogen-bond donors (Lipinski definition) is 1. The molecular weight excluding hydrogens is 262 g/mol. The molecule has 116 valence electrons. The van der Waals surface area contributed by atoms with Crippen molar-refractivity contribution < 1.29 is 0 Å². The van der Waals surface area contributed by atoms with Crippen molar-refractivity contribution in [1.29, 1.82) is 0 Å². The first kappa shape index (κ1) is 14.8. The number of rotatable bonds is 3. The van der Waals surface area contributed by atoms with E-state index in [1.807, 2.05) is 12.3 Å². The van der Waals surface area contributed by atoms with Gasteiger partial charge in [-0.1, -0.05) is 6.07 Å². The van der Waals surface area contributed by atoms with E-state index in [9.17, 15) is 0 Å². The van der Waals surface area contributed by atoms with Crippen molar-refractivity contribution in [2.75, 3.05) is 57.8 Å². The molecule has 1 aromatic rings. The quantitative estimate of drug-likeness (QED) is 0.877. The van der Waals surface area contributed by atoms with E-state index in [2.05, 4.69) is 38.9 Å². The largest absolute Gasteiger partial charge is 0.354 e. The number of hydrogen-bond acceptors (Lipinski definition) is 5. The molecule has 0 saturated carbocycles. The van der Waals surface area contributed by atoms with E-state index < -0.39 is 0 Å². The molecule has 21 heavy (non-hydrogen) atoms. The van der Waals surface area contributed by atoms with Crippen molar-refractivity contribution in [2.45, 2.75) is 12.5 Å². The topological polar surface area (TPSA) is 48.6 Å². The Bertz CT molecular complexity index is 430. The first-order chi connectivity index (χ1) is 10.2. The van der Waals surface area contributed by atoms with E-state index in [4.69, 9.17) is 5.73 Å². The molecule has 2 aliphatic rings. The van der Waals surface area contributed by atoms with Crippen LogP contribution in [-0.4, -0.2) is 73.7 Å². The fourth-order valence-corrected chi connectivity index (χ4v) is 3.46. The minimum Gasteiger partial charge on any atom is -0.354 e. The van der Waals surface area contributed by atoms with Gasteiger partial charge in [-0.25, -0.2) is 4.98 Å². The number of nitrogens with zero attached hydrogens (tertiary/aromatic N) is 4. The number of piperazine rings is 1. The monoisotopic (exact) mass is 289 g/mol. The maximum atomic E-state index is 6.30. The van der Waals surface area contributed by atoms with E-state index in [0.29, 0.717) is 12.0 Å². The Kier molecular flexibility index (Phi) is 4.73. The normalized spacial score (nSPS) is 28.8. The summed E-state index contributed by atoms with van der Waals surface area (Å²) in [5.74, 6) is 1.72. The number of anilines is 1. The molecule has 3 rings (SSSR count). The predicted molar refractivity (Wildman–Crippen MR) is 86.5 cm³/mol. The summed E-state index contributed by atoms with van der Waals surface area (Å²) in [5.41, 5.74) is 6.30. The van der Waals surface area contributed by atoms with Gasteiger partial charge >= 0.3 is 0 Å². The van der Waals surface area contributed by atoms with Crippen molar-refractivity contribution >= 4 is 5.82 Å². The van der Waals surface area contributed by atoms with E-state index >= 15 is 0 Å². The predicted octanol–water partition coefficient (Wildman–Crippen LogP) is 0.483. The Morgan fingerprint density at radius 3 is 2.71 bits per heavy atom. The van der Waals surface area contributed by atoms with Crippen LogP contribution in [0.2, 0.25) is 0 Å². The van der Waals surface area contributed by atoms with Gasteiger partial charge in [0.2, 0.25) is 0 Å². The molecule has 0 amide bonds. The summed E-state index contributed by atoms with van der Waals surface area (Å²) >= 11 is 0. The molecular formula is C16H27N5. The van der Waals surface area contributed by atoms with Crippen molar-refractivity contribution in [1.82, 2.24) is 14.8 Å². The second-order valence-electron chi connectivity index (χ2n) is 6.45. The average Bonchev–Trinajstić information content (AvgIpc) is 2.53. The summed E-state index contributed by atoms with van der Waals surface area (Å²) in [6, 6.07) is 6.50. The van der Waals surface area contributed by atoms with Gasteiger partial charge in [0.15, 0.2) is 0 Å². The maximum Gasteiger partial charge on any atom is 0.128 e. The molecule has 2 N–H and O–H groups in total. The van der Waals surface area contributed by atoms with Crippen molar-refractivity contribution in [3.63, 3.8) is 0 Å². The Morgan fingerprint density at radius 1 is 1.19 bits per heavy atom. The van der Waals surface area contributed by atoms with Crippen molar-refractivity contribution in [2.24, 2.45) is 11.7 Å². The molecule has 0 aliphatic carbocycles. The lowest BCUT2D eigenvalue weighted by Gasteiger charge is -2.41. The minimum atomic E-state index is 0.370. The lowest BCUT2D eigenvalue weighted by atomic mass is 9.92. The number of aromatic nitrogens is 1. The lowest BCUT2D eigenvalue weighted by molar-refractivity contribution is 0.130. The summed E-state index contributed by atoms with van der Waals surface area (Å²) in [4.78, 5) is 11.8. The minimum absolute atomic E-state index is 0.370. The Hall–Kier alpha value is -1.17. The smallest absolute Gasteiger partial charge is 0.128 e. The molecule has 2 aliphatic heterocycles. The lowest BCUT2D eigenvalue weighted by Crippen LogP contribution is -2.53. The average molecular weight is 289 g/mol. The highest BCUT2D eigenvalue weighted by Crippen LogP contribution is 2.18. The Balaban J connectivity index is 1.49. The molecule has 0 aromatic carbocycles. The first-order valence-corrected chi connectivity index (χ1v) is 8.05. The van der Waals surface area contributed by atoms with Crippen LogP contribution in [0, 0.1) is 5.92 Å². The third-order valence-corrected chi connectivity index (χ3v) is 4.83. The van der Waals surface area contributed by atoms with Crippen LogP contribution < -0.4 is 10.6 Å². The van der Waals surface area contributed by atoms with E-state index in [0.717, 1.165) is 58.1 Å².